The molecule has 9 heteroatoms. The quantitative estimate of drug-likeness (QED) is 0.766. The average Bonchev–Trinajstić information content (AvgIpc) is 3.17. The minimum absolute atomic E-state index is 0.0195. The molecule has 0 saturated carbocycles. The first-order chi connectivity index (χ1) is 13.6. The van der Waals surface area contributed by atoms with E-state index in [1.165, 1.54) is 16.3 Å². The first-order valence-electron chi connectivity index (χ1n) is 9.16. The molecule has 2 aromatic heterocycles. The van der Waals surface area contributed by atoms with E-state index in [1.54, 1.807) is 11.1 Å². The molecule has 2 amide bonds. The second-order valence-corrected chi connectivity index (χ2v) is 8.40. The summed E-state index contributed by atoms with van der Waals surface area (Å²) < 4.78 is 0.684. The molecule has 0 atom stereocenters. The molecule has 1 saturated heterocycles. The van der Waals surface area contributed by atoms with Gasteiger partial charge in [0, 0.05) is 45.2 Å². The first kappa shape index (κ1) is 18.9. The van der Waals surface area contributed by atoms with Crippen LogP contribution in [-0.2, 0) is 9.59 Å². The smallest absolute Gasteiger partial charge is 0.244 e. The Morgan fingerprint density at radius 3 is 2.64 bits per heavy atom. The minimum Gasteiger partial charge on any atom is -0.367 e. The van der Waals surface area contributed by atoms with E-state index in [0.717, 1.165) is 29.4 Å². The third-order valence-electron chi connectivity index (χ3n) is 4.89. The van der Waals surface area contributed by atoms with Crippen molar-refractivity contribution in [2.24, 2.45) is 5.10 Å². The molecule has 0 aliphatic carbocycles. The van der Waals surface area contributed by atoms with Gasteiger partial charge in [-0.1, -0.05) is 11.6 Å². The van der Waals surface area contributed by atoms with Crippen molar-refractivity contribution >= 4 is 46.2 Å². The fraction of sp³-hybridized carbons (Fsp3) is 0.368. The molecule has 0 bridgehead atoms. The summed E-state index contributed by atoms with van der Waals surface area (Å²) in [6.45, 7) is 2.70. The van der Waals surface area contributed by atoms with E-state index in [-0.39, 0.29) is 18.4 Å². The van der Waals surface area contributed by atoms with Crippen LogP contribution < -0.4 is 4.90 Å². The van der Waals surface area contributed by atoms with Gasteiger partial charge in [-0.05, 0) is 24.3 Å². The Hall–Kier alpha value is -2.45. The number of nitrogens with zero attached hydrogens (tertiary/aromatic N) is 5. The van der Waals surface area contributed by atoms with E-state index in [4.69, 9.17) is 11.6 Å². The zero-order valence-corrected chi connectivity index (χ0v) is 16.8. The highest BCUT2D eigenvalue weighted by atomic mass is 35.5. The molecule has 2 aliphatic heterocycles. The van der Waals surface area contributed by atoms with Crippen LogP contribution in [0.4, 0.5) is 5.69 Å². The second-order valence-electron chi connectivity index (χ2n) is 6.68. The molecule has 4 heterocycles. The topological polar surface area (TPSA) is 69.1 Å². The van der Waals surface area contributed by atoms with E-state index in [0.29, 0.717) is 30.3 Å². The normalized spacial score (nSPS) is 17.7. The molecule has 0 N–H and O–H groups in total. The van der Waals surface area contributed by atoms with Crippen molar-refractivity contribution in [1.29, 1.82) is 0 Å². The molecule has 4 rings (SSSR count). The van der Waals surface area contributed by atoms with Crippen molar-refractivity contribution in [3.8, 4) is 0 Å². The van der Waals surface area contributed by atoms with Gasteiger partial charge in [0.15, 0.2) is 0 Å². The highest BCUT2D eigenvalue weighted by Gasteiger charge is 2.27. The third-order valence-corrected chi connectivity index (χ3v) is 6.17. The largest absolute Gasteiger partial charge is 0.367 e. The molecule has 0 radical (unpaired) electrons. The van der Waals surface area contributed by atoms with Crippen molar-refractivity contribution in [2.45, 2.75) is 12.8 Å². The summed E-state index contributed by atoms with van der Waals surface area (Å²) in [6.07, 6.45) is 4.51. The summed E-state index contributed by atoms with van der Waals surface area (Å²) in [6, 6.07) is 7.65. The molecule has 2 aromatic rings. The lowest BCUT2D eigenvalue weighted by Gasteiger charge is -2.36. The maximum absolute atomic E-state index is 12.7. The van der Waals surface area contributed by atoms with Crippen LogP contribution in [0.3, 0.4) is 0 Å². The Balaban J connectivity index is 1.37. The van der Waals surface area contributed by atoms with Gasteiger partial charge in [0.1, 0.15) is 6.54 Å². The average molecular weight is 418 g/mol. The van der Waals surface area contributed by atoms with Crippen LogP contribution in [0.5, 0.6) is 0 Å². The van der Waals surface area contributed by atoms with E-state index in [2.05, 4.69) is 15.0 Å². The number of hydrogen-bond acceptors (Lipinski definition) is 6. The molecule has 28 heavy (non-hydrogen) atoms. The summed E-state index contributed by atoms with van der Waals surface area (Å²) >= 11 is 7.43. The zero-order chi connectivity index (χ0) is 19.5. The highest BCUT2D eigenvalue weighted by molar-refractivity contribution is 7.18. The zero-order valence-electron chi connectivity index (χ0n) is 15.3. The van der Waals surface area contributed by atoms with Crippen LogP contribution in [0, 0.1) is 0 Å². The van der Waals surface area contributed by atoms with Gasteiger partial charge in [-0.2, -0.15) is 5.10 Å². The summed E-state index contributed by atoms with van der Waals surface area (Å²) in [5.41, 5.74) is 1.87. The molecule has 1 fully saturated rings. The number of amides is 2. The van der Waals surface area contributed by atoms with Crippen molar-refractivity contribution in [2.75, 3.05) is 37.6 Å². The second kappa shape index (κ2) is 8.28. The number of hydrogen-bond donors (Lipinski definition) is 0. The van der Waals surface area contributed by atoms with Crippen LogP contribution in [0.25, 0.3) is 0 Å². The van der Waals surface area contributed by atoms with Gasteiger partial charge in [0.05, 0.1) is 26.8 Å². The fourth-order valence-corrected chi connectivity index (χ4v) is 4.41. The Morgan fingerprint density at radius 2 is 1.96 bits per heavy atom. The number of carbonyl (C=O) groups is 2. The van der Waals surface area contributed by atoms with Crippen LogP contribution in [0.2, 0.25) is 4.34 Å². The summed E-state index contributed by atoms with van der Waals surface area (Å²) in [5, 5.41) is 5.74. The number of carbonyl (C=O) groups excluding carboxylic acids is 2. The molecule has 146 valence electrons. The monoisotopic (exact) mass is 417 g/mol. The molecular formula is C19H20ClN5O2S. The van der Waals surface area contributed by atoms with Crippen LogP contribution in [0.15, 0.2) is 41.8 Å². The molecule has 2 aliphatic rings. The Morgan fingerprint density at radius 1 is 1.14 bits per heavy atom. The van der Waals surface area contributed by atoms with E-state index in [1.807, 2.05) is 30.5 Å². The van der Waals surface area contributed by atoms with Gasteiger partial charge in [-0.3, -0.25) is 14.6 Å². The number of aromatic nitrogens is 1. The molecule has 0 spiro atoms. The molecular weight excluding hydrogens is 398 g/mol. The Bertz CT molecular complexity index is 893. The van der Waals surface area contributed by atoms with Gasteiger partial charge >= 0.3 is 0 Å². The van der Waals surface area contributed by atoms with Gasteiger partial charge in [-0.25, -0.2) is 5.01 Å². The Kier molecular flexibility index (Phi) is 5.59. The maximum atomic E-state index is 12.7. The summed E-state index contributed by atoms with van der Waals surface area (Å²) in [5.74, 6) is -0.192. The van der Waals surface area contributed by atoms with Crippen molar-refractivity contribution in [3.05, 3.63) is 45.9 Å². The van der Waals surface area contributed by atoms with Gasteiger partial charge < -0.3 is 9.80 Å². The standard InChI is InChI=1S/C19H20ClN5O2S/c20-17-5-4-16(28-17)15-3-6-18(26)25(22-15)13-19(27)24-10-8-23(9-11-24)14-2-1-7-21-12-14/h1-2,4-5,7,12H,3,6,8-11,13H2. The number of rotatable bonds is 4. The van der Waals surface area contributed by atoms with E-state index in [9.17, 15) is 9.59 Å². The van der Waals surface area contributed by atoms with E-state index < -0.39 is 0 Å². The maximum Gasteiger partial charge on any atom is 0.244 e. The van der Waals surface area contributed by atoms with Crippen molar-refractivity contribution < 1.29 is 9.59 Å². The number of halogens is 1. The number of pyridine rings is 1. The number of anilines is 1. The third kappa shape index (κ3) is 4.18. The van der Waals surface area contributed by atoms with Crippen LogP contribution >= 0.6 is 22.9 Å². The molecule has 0 aromatic carbocycles. The highest BCUT2D eigenvalue weighted by Crippen LogP contribution is 2.25. The lowest BCUT2D eigenvalue weighted by atomic mass is 10.1. The number of hydrazone groups is 1. The number of thiophene rings is 1. The lowest BCUT2D eigenvalue weighted by Crippen LogP contribution is -2.51. The SMILES string of the molecule is O=C(CN1N=C(c2ccc(Cl)s2)CCC1=O)N1CCN(c2cccnc2)CC1. The van der Waals surface area contributed by atoms with Gasteiger partial charge in [-0.15, -0.1) is 11.3 Å². The van der Waals surface area contributed by atoms with Gasteiger partial charge in [0.2, 0.25) is 11.8 Å². The van der Waals surface area contributed by atoms with Crippen molar-refractivity contribution in [1.82, 2.24) is 14.9 Å². The lowest BCUT2D eigenvalue weighted by molar-refractivity contribution is -0.141. The van der Waals surface area contributed by atoms with E-state index >= 15 is 0 Å². The van der Waals surface area contributed by atoms with Crippen LogP contribution in [-0.4, -0.2) is 65.1 Å². The minimum atomic E-state index is -0.117. The summed E-state index contributed by atoms with van der Waals surface area (Å²) in [7, 11) is 0. The van der Waals surface area contributed by atoms with Crippen molar-refractivity contribution in [3.63, 3.8) is 0 Å². The molecule has 7 nitrogen and oxygen atoms in total. The predicted molar refractivity (Wildman–Crippen MR) is 110 cm³/mol. The molecule has 0 unspecified atom stereocenters. The first-order valence-corrected chi connectivity index (χ1v) is 10.4. The fourth-order valence-electron chi connectivity index (χ4n) is 3.35. The summed E-state index contributed by atoms with van der Waals surface area (Å²) in [4.78, 5) is 34.1. The predicted octanol–water partition coefficient (Wildman–Crippen LogP) is 2.47. The van der Waals surface area contributed by atoms with Crippen LogP contribution in [0.1, 0.15) is 17.7 Å². The number of piperazine rings is 1. The van der Waals surface area contributed by atoms with Gasteiger partial charge in [0.25, 0.3) is 0 Å². The Labute approximate surface area is 172 Å².